The van der Waals surface area contributed by atoms with E-state index in [4.69, 9.17) is 19.4 Å². The van der Waals surface area contributed by atoms with Crippen molar-refractivity contribution >= 4 is 29.5 Å². The predicted molar refractivity (Wildman–Crippen MR) is 134 cm³/mol. The molecule has 34 heavy (non-hydrogen) atoms. The number of fused-ring (bicyclic) bond motifs is 3. The topological polar surface area (TPSA) is 80.7 Å². The molecule has 9 heteroatoms. The average Bonchev–Trinajstić information content (AvgIpc) is 2.99. The van der Waals surface area contributed by atoms with Crippen LogP contribution in [0.4, 0.5) is 16.4 Å². The van der Waals surface area contributed by atoms with Crippen molar-refractivity contribution in [2.75, 3.05) is 24.8 Å². The van der Waals surface area contributed by atoms with Crippen molar-refractivity contribution < 1.29 is 14.3 Å². The third-order valence-corrected chi connectivity index (χ3v) is 6.97. The van der Waals surface area contributed by atoms with Crippen LogP contribution in [0.3, 0.4) is 0 Å². The molecule has 184 valence electrons. The van der Waals surface area contributed by atoms with Gasteiger partial charge in [0.2, 0.25) is 0 Å². The van der Waals surface area contributed by atoms with E-state index < -0.39 is 5.60 Å². The maximum atomic E-state index is 12.5. The van der Waals surface area contributed by atoms with E-state index in [0.717, 1.165) is 34.5 Å². The van der Waals surface area contributed by atoms with Crippen LogP contribution < -0.4 is 4.90 Å². The molecule has 2 aromatic heterocycles. The first-order chi connectivity index (χ1) is 15.8. The fraction of sp³-hybridized carbons (Fsp3) is 0.600. The maximum Gasteiger partial charge on any atom is 0.410 e. The van der Waals surface area contributed by atoms with Crippen molar-refractivity contribution in [2.45, 2.75) is 82.3 Å². The van der Waals surface area contributed by atoms with Crippen molar-refractivity contribution in [3.63, 3.8) is 0 Å². The van der Waals surface area contributed by atoms with E-state index in [1.807, 2.05) is 51.4 Å². The molecular formula is C25H35N5O3S. The van der Waals surface area contributed by atoms with E-state index in [-0.39, 0.29) is 23.2 Å². The Morgan fingerprint density at radius 2 is 2.03 bits per heavy atom. The number of pyridine rings is 1. The Labute approximate surface area is 206 Å². The summed E-state index contributed by atoms with van der Waals surface area (Å²) in [6, 6.07) is 6.05. The van der Waals surface area contributed by atoms with Crippen LogP contribution >= 0.6 is 11.8 Å². The van der Waals surface area contributed by atoms with Crippen LogP contribution in [-0.4, -0.2) is 63.1 Å². The minimum absolute atomic E-state index is 0.129. The number of hydrogen-bond acceptors (Lipinski definition) is 8. The first-order valence-electron chi connectivity index (χ1n) is 11.6. The Bertz CT molecular complexity index is 1090. The number of carbonyl (C=O) groups excluding carboxylic acids is 1. The van der Waals surface area contributed by atoms with Crippen molar-refractivity contribution in [1.29, 1.82) is 0 Å². The highest BCUT2D eigenvalue weighted by molar-refractivity contribution is 7.98. The summed E-state index contributed by atoms with van der Waals surface area (Å²) in [7, 11) is 1.73. The van der Waals surface area contributed by atoms with Crippen LogP contribution in [0.15, 0.2) is 29.6 Å². The normalized spacial score (nSPS) is 23.3. The van der Waals surface area contributed by atoms with Crippen LogP contribution in [-0.2, 0) is 21.4 Å². The standard InChI is InChI=1S/C25H35N5O3S/c1-23(2,3)33-22(31)29(7)14-16-10-9-11-19(27-16)30-18-12-24(4,5)32-15-25(18,6)17-13-26-21(34-8)28-20(17)30/h9-11,13,18H,12,14-15H2,1-8H3/t18-,25-/m1/s1. The van der Waals surface area contributed by atoms with Gasteiger partial charge in [0.1, 0.15) is 17.2 Å². The highest BCUT2D eigenvalue weighted by Crippen LogP contribution is 2.52. The highest BCUT2D eigenvalue weighted by Gasteiger charge is 2.55. The number of aromatic nitrogens is 3. The average molecular weight is 486 g/mol. The molecule has 8 nitrogen and oxygen atoms in total. The molecule has 2 atom stereocenters. The molecule has 1 amide bonds. The van der Waals surface area contributed by atoms with E-state index in [1.165, 1.54) is 11.8 Å². The van der Waals surface area contributed by atoms with Crippen molar-refractivity contribution in [1.82, 2.24) is 19.9 Å². The zero-order valence-electron chi connectivity index (χ0n) is 21.4. The third kappa shape index (κ3) is 4.73. The minimum Gasteiger partial charge on any atom is -0.444 e. The Morgan fingerprint density at radius 1 is 1.29 bits per heavy atom. The summed E-state index contributed by atoms with van der Waals surface area (Å²) in [6.07, 6.45) is 4.39. The van der Waals surface area contributed by atoms with Gasteiger partial charge in [0.25, 0.3) is 0 Å². The zero-order chi connectivity index (χ0) is 24.9. The lowest BCUT2D eigenvalue weighted by atomic mass is 9.73. The summed E-state index contributed by atoms with van der Waals surface area (Å²) >= 11 is 1.52. The molecule has 2 aliphatic rings. The van der Waals surface area contributed by atoms with Crippen LogP contribution in [0.5, 0.6) is 0 Å². The van der Waals surface area contributed by atoms with Crippen LogP contribution in [0, 0.1) is 0 Å². The lowest BCUT2D eigenvalue weighted by Crippen LogP contribution is -2.54. The molecule has 0 unspecified atom stereocenters. The number of nitrogens with zero attached hydrogens (tertiary/aromatic N) is 5. The number of hydrogen-bond donors (Lipinski definition) is 0. The van der Waals surface area contributed by atoms with E-state index in [0.29, 0.717) is 13.2 Å². The summed E-state index contributed by atoms with van der Waals surface area (Å²) < 4.78 is 11.8. The number of anilines is 2. The summed E-state index contributed by atoms with van der Waals surface area (Å²) in [4.78, 5) is 30.7. The van der Waals surface area contributed by atoms with E-state index in [2.05, 4.69) is 30.7 Å². The van der Waals surface area contributed by atoms with Gasteiger partial charge in [-0.1, -0.05) is 24.8 Å². The fourth-order valence-electron chi connectivity index (χ4n) is 4.62. The smallest absolute Gasteiger partial charge is 0.410 e. The van der Waals surface area contributed by atoms with E-state index >= 15 is 0 Å². The largest absolute Gasteiger partial charge is 0.444 e. The first kappa shape index (κ1) is 24.7. The van der Waals surface area contributed by atoms with Gasteiger partial charge in [0, 0.05) is 24.2 Å². The van der Waals surface area contributed by atoms with E-state index in [1.54, 1.807) is 11.9 Å². The molecule has 4 rings (SSSR count). The second-order valence-corrected chi connectivity index (χ2v) is 11.7. The molecule has 0 bridgehead atoms. The number of carbonyl (C=O) groups is 1. The molecule has 1 saturated heterocycles. The molecule has 0 radical (unpaired) electrons. The molecule has 0 aliphatic carbocycles. The lowest BCUT2D eigenvalue weighted by molar-refractivity contribution is -0.0893. The Kier molecular flexibility index (Phi) is 6.31. The van der Waals surface area contributed by atoms with Gasteiger partial charge in [-0.2, -0.15) is 0 Å². The van der Waals surface area contributed by atoms with Crippen LogP contribution in [0.1, 0.15) is 59.2 Å². The van der Waals surface area contributed by atoms with Gasteiger partial charge in [-0.25, -0.2) is 19.7 Å². The Morgan fingerprint density at radius 3 is 2.71 bits per heavy atom. The first-order valence-corrected chi connectivity index (χ1v) is 12.8. The highest BCUT2D eigenvalue weighted by atomic mass is 32.2. The second kappa shape index (κ2) is 8.68. The van der Waals surface area contributed by atoms with Gasteiger partial charge >= 0.3 is 6.09 Å². The Hall–Kier alpha value is -2.39. The van der Waals surface area contributed by atoms with Gasteiger partial charge in [0.15, 0.2) is 5.16 Å². The molecule has 0 saturated carbocycles. The van der Waals surface area contributed by atoms with E-state index in [9.17, 15) is 4.79 Å². The minimum atomic E-state index is -0.547. The SMILES string of the molecule is CSc1ncc2c(n1)N(c1cccc(CN(C)C(=O)OC(C)(C)C)n1)[C@@H]1CC(C)(C)OC[C@]21C. The van der Waals surface area contributed by atoms with Crippen LogP contribution in [0.25, 0.3) is 0 Å². The maximum absolute atomic E-state index is 12.5. The van der Waals surface area contributed by atoms with Gasteiger partial charge in [-0.05, 0) is 59.4 Å². The summed E-state index contributed by atoms with van der Waals surface area (Å²) in [6.45, 7) is 13.0. The lowest BCUT2D eigenvalue weighted by Gasteiger charge is -2.46. The van der Waals surface area contributed by atoms with Gasteiger partial charge < -0.3 is 19.3 Å². The summed E-state index contributed by atoms with van der Waals surface area (Å²) in [5.74, 6) is 1.70. The monoisotopic (exact) mass is 485 g/mol. The zero-order valence-corrected chi connectivity index (χ0v) is 22.2. The van der Waals surface area contributed by atoms with Crippen LogP contribution in [0.2, 0.25) is 0 Å². The predicted octanol–water partition coefficient (Wildman–Crippen LogP) is 4.94. The van der Waals surface area contributed by atoms with Crippen molar-refractivity contribution in [3.8, 4) is 0 Å². The van der Waals surface area contributed by atoms with Crippen molar-refractivity contribution in [2.24, 2.45) is 0 Å². The second-order valence-electron chi connectivity index (χ2n) is 11.0. The van der Waals surface area contributed by atoms with Gasteiger partial charge in [-0.15, -0.1) is 0 Å². The number of thioether (sulfide) groups is 1. The molecular weight excluding hydrogens is 450 g/mol. The molecule has 2 aliphatic heterocycles. The van der Waals surface area contributed by atoms with Gasteiger partial charge in [0.05, 0.1) is 30.5 Å². The number of ether oxygens (including phenoxy) is 2. The molecule has 1 fully saturated rings. The fourth-order valence-corrected chi connectivity index (χ4v) is 4.96. The summed E-state index contributed by atoms with van der Waals surface area (Å²) in [5, 5.41) is 0.729. The molecule has 0 N–H and O–H groups in total. The van der Waals surface area contributed by atoms with Crippen molar-refractivity contribution in [3.05, 3.63) is 35.7 Å². The molecule has 2 aromatic rings. The van der Waals surface area contributed by atoms with Gasteiger partial charge in [-0.3, -0.25) is 0 Å². The third-order valence-electron chi connectivity index (χ3n) is 6.41. The number of rotatable bonds is 4. The summed E-state index contributed by atoms with van der Waals surface area (Å²) in [5.41, 5.74) is 0.826. The molecule has 4 heterocycles. The molecule has 0 aromatic carbocycles. The Balaban J connectivity index is 1.70. The quantitative estimate of drug-likeness (QED) is 0.445. The number of amides is 1. The molecule has 0 spiro atoms.